The Balaban J connectivity index is 3.24. The maximum atomic E-state index is 12.3. The Hall–Kier alpha value is -0.850. The molecule has 4 nitrogen and oxygen atoms in total. The minimum absolute atomic E-state index is 0.218. The molecule has 0 saturated carbocycles. The molecule has 1 aromatic rings. The number of halogens is 1. The second kappa shape index (κ2) is 5.66. The Morgan fingerprint density at radius 1 is 1.53 bits per heavy atom. The minimum atomic E-state index is -3.50. The van der Waals surface area contributed by atoms with Crippen LogP contribution in [0.4, 0.5) is 5.69 Å². The second-order valence-corrected chi connectivity index (χ2v) is 6.19. The van der Waals surface area contributed by atoms with Crippen LogP contribution in [0.5, 0.6) is 0 Å². The van der Waals surface area contributed by atoms with Gasteiger partial charge in [-0.2, -0.15) is 4.31 Å². The van der Waals surface area contributed by atoms with E-state index in [2.05, 4.69) is 22.5 Å². The summed E-state index contributed by atoms with van der Waals surface area (Å²) in [5, 5.41) is 0. The lowest BCUT2D eigenvalue weighted by atomic mass is 10.3. The number of benzene rings is 1. The molecule has 1 aromatic carbocycles. The van der Waals surface area contributed by atoms with Gasteiger partial charge in [0.1, 0.15) is 0 Å². The summed E-state index contributed by atoms with van der Waals surface area (Å²) in [4.78, 5) is 0.218. The molecule has 0 aliphatic heterocycles. The molecule has 17 heavy (non-hydrogen) atoms. The van der Waals surface area contributed by atoms with Crippen LogP contribution in [0.15, 0.2) is 40.2 Å². The van der Waals surface area contributed by atoms with Crippen LogP contribution in [0.3, 0.4) is 0 Å². The fraction of sp³-hybridized carbons (Fsp3) is 0.273. The van der Waals surface area contributed by atoms with Crippen molar-refractivity contribution < 1.29 is 8.42 Å². The highest BCUT2D eigenvalue weighted by Gasteiger charge is 2.24. The van der Waals surface area contributed by atoms with Gasteiger partial charge in [0.15, 0.2) is 0 Å². The predicted molar refractivity (Wildman–Crippen MR) is 73.2 cm³/mol. The van der Waals surface area contributed by atoms with Gasteiger partial charge in [0.05, 0.1) is 4.90 Å². The molecule has 0 fully saturated rings. The van der Waals surface area contributed by atoms with Crippen LogP contribution in [0.25, 0.3) is 0 Å². The third-order valence-electron chi connectivity index (χ3n) is 2.26. The van der Waals surface area contributed by atoms with Crippen LogP contribution < -0.4 is 5.73 Å². The van der Waals surface area contributed by atoms with Crippen LogP contribution in [0.2, 0.25) is 0 Å². The highest BCUT2D eigenvalue weighted by molar-refractivity contribution is 9.10. The van der Waals surface area contributed by atoms with E-state index < -0.39 is 10.0 Å². The average Bonchev–Trinajstić information content (AvgIpc) is 2.24. The molecule has 0 heterocycles. The first kappa shape index (κ1) is 14.2. The zero-order valence-corrected chi connectivity index (χ0v) is 12.0. The number of rotatable bonds is 5. The van der Waals surface area contributed by atoms with E-state index in [1.165, 1.54) is 10.4 Å². The van der Waals surface area contributed by atoms with Crippen molar-refractivity contribution in [1.29, 1.82) is 0 Å². The van der Waals surface area contributed by atoms with E-state index in [1.54, 1.807) is 25.1 Å². The second-order valence-electron chi connectivity index (χ2n) is 3.43. The molecule has 0 spiro atoms. The quantitative estimate of drug-likeness (QED) is 0.669. The molecule has 0 saturated heterocycles. The number of likely N-dealkylation sites (N-methyl/N-ethyl adjacent to an activating group) is 1. The van der Waals surface area contributed by atoms with Crippen LogP contribution in [0.1, 0.15) is 6.92 Å². The Labute approximate surface area is 110 Å². The predicted octanol–water partition coefficient (Wildman–Crippen LogP) is 2.23. The van der Waals surface area contributed by atoms with Gasteiger partial charge in [0.25, 0.3) is 0 Å². The van der Waals surface area contributed by atoms with E-state index in [0.29, 0.717) is 16.7 Å². The third kappa shape index (κ3) is 3.08. The van der Waals surface area contributed by atoms with Gasteiger partial charge < -0.3 is 5.73 Å². The molecule has 0 radical (unpaired) electrons. The fourth-order valence-electron chi connectivity index (χ4n) is 1.41. The van der Waals surface area contributed by atoms with Crippen LogP contribution in [0, 0.1) is 0 Å². The van der Waals surface area contributed by atoms with Gasteiger partial charge in [-0.1, -0.05) is 13.0 Å². The molecule has 2 N–H and O–H groups in total. The number of nitrogens with two attached hydrogens (primary N) is 1. The number of hydrogen-bond acceptors (Lipinski definition) is 3. The zero-order valence-electron chi connectivity index (χ0n) is 9.56. The molecule has 6 heteroatoms. The largest absolute Gasteiger partial charge is 0.399 e. The van der Waals surface area contributed by atoms with Crippen LogP contribution >= 0.6 is 15.9 Å². The lowest BCUT2D eigenvalue weighted by Gasteiger charge is -2.19. The van der Waals surface area contributed by atoms with Gasteiger partial charge in [0, 0.05) is 23.2 Å². The van der Waals surface area contributed by atoms with E-state index >= 15 is 0 Å². The molecule has 0 bridgehead atoms. The van der Waals surface area contributed by atoms with Gasteiger partial charge in [-0.25, -0.2) is 8.42 Å². The maximum Gasteiger partial charge on any atom is 0.244 e. The Bertz CT molecular complexity index is 514. The Morgan fingerprint density at radius 3 is 2.65 bits per heavy atom. The lowest BCUT2D eigenvalue weighted by Crippen LogP contribution is -2.31. The molecule has 94 valence electrons. The van der Waals surface area contributed by atoms with E-state index in [9.17, 15) is 8.42 Å². The van der Waals surface area contributed by atoms with E-state index in [1.807, 2.05) is 0 Å². The molecule has 0 unspecified atom stereocenters. The number of anilines is 1. The van der Waals surface area contributed by atoms with E-state index in [0.717, 1.165) is 0 Å². The van der Waals surface area contributed by atoms with Crippen molar-refractivity contribution in [3.05, 3.63) is 35.3 Å². The van der Waals surface area contributed by atoms with Gasteiger partial charge in [-0.3, -0.25) is 0 Å². The standard InChI is InChI=1S/C11H15BrN2O2S/c1-3-7-14(4-2)17(15,16)11-6-5-9(13)8-10(11)12/h3,5-6,8H,1,4,7,13H2,2H3. The van der Waals surface area contributed by atoms with Crippen molar-refractivity contribution in [1.82, 2.24) is 4.31 Å². The van der Waals surface area contributed by atoms with Crippen molar-refractivity contribution >= 4 is 31.6 Å². The monoisotopic (exact) mass is 318 g/mol. The first-order valence-electron chi connectivity index (χ1n) is 5.09. The fourth-order valence-corrected chi connectivity index (χ4v) is 3.88. The summed E-state index contributed by atoms with van der Waals surface area (Å²) in [5.74, 6) is 0. The Kier molecular flexibility index (Phi) is 4.73. The summed E-state index contributed by atoms with van der Waals surface area (Å²) >= 11 is 3.22. The van der Waals surface area contributed by atoms with Crippen molar-refractivity contribution in [3.8, 4) is 0 Å². The smallest absolute Gasteiger partial charge is 0.244 e. The van der Waals surface area contributed by atoms with Crippen molar-refractivity contribution in [2.45, 2.75) is 11.8 Å². The normalized spacial score (nSPS) is 11.7. The van der Waals surface area contributed by atoms with Crippen LogP contribution in [-0.4, -0.2) is 25.8 Å². The van der Waals surface area contributed by atoms with Crippen molar-refractivity contribution in [2.24, 2.45) is 0 Å². The average molecular weight is 319 g/mol. The van der Waals surface area contributed by atoms with E-state index in [-0.39, 0.29) is 11.4 Å². The summed E-state index contributed by atoms with van der Waals surface area (Å²) < 4.78 is 26.4. The molecule has 1 rings (SSSR count). The number of sulfonamides is 1. The van der Waals surface area contributed by atoms with E-state index in [4.69, 9.17) is 5.73 Å². The van der Waals surface area contributed by atoms with Gasteiger partial charge in [-0.05, 0) is 34.1 Å². The molecule has 0 atom stereocenters. The number of hydrogen-bond donors (Lipinski definition) is 1. The SMILES string of the molecule is C=CCN(CC)S(=O)(=O)c1ccc(N)cc1Br. The lowest BCUT2D eigenvalue weighted by molar-refractivity contribution is 0.459. The zero-order chi connectivity index (χ0) is 13.1. The highest BCUT2D eigenvalue weighted by atomic mass is 79.9. The summed E-state index contributed by atoms with van der Waals surface area (Å²) in [7, 11) is -3.50. The number of nitrogens with zero attached hydrogens (tertiary/aromatic N) is 1. The van der Waals surface area contributed by atoms with Gasteiger partial charge in [-0.15, -0.1) is 6.58 Å². The van der Waals surface area contributed by atoms with Crippen molar-refractivity contribution in [3.63, 3.8) is 0 Å². The summed E-state index contributed by atoms with van der Waals surface area (Å²) in [5.41, 5.74) is 6.10. The molecule has 0 aliphatic rings. The topological polar surface area (TPSA) is 63.4 Å². The summed E-state index contributed by atoms with van der Waals surface area (Å²) in [6.07, 6.45) is 1.56. The number of nitrogen functional groups attached to an aromatic ring is 1. The van der Waals surface area contributed by atoms with Gasteiger partial charge in [0.2, 0.25) is 10.0 Å². The first-order chi connectivity index (χ1) is 7.93. The minimum Gasteiger partial charge on any atom is -0.399 e. The highest BCUT2D eigenvalue weighted by Crippen LogP contribution is 2.26. The van der Waals surface area contributed by atoms with Crippen molar-refractivity contribution in [2.75, 3.05) is 18.8 Å². The summed E-state index contributed by atoms with van der Waals surface area (Å²) in [6.45, 7) is 6.02. The molecular formula is C11H15BrN2O2S. The molecule has 0 aliphatic carbocycles. The molecular weight excluding hydrogens is 304 g/mol. The first-order valence-corrected chi connectivity index (χ1v) is 7.32. The van der Waals surface area contributed by atoms with Gasteiger partial charge >= 0.3 is 0 Å². The van der Waals surface area contributed by atoms with Crippen LogP contribution in [-0.2, 0) is 10.0 Å². The third-order valence-corrected chi connectivity index (χ3v) is 5.18. The Morgan fingerprint density at radius 2 is 2.18 bits per heavy atom. The summed E-state index contributed by atoms with van der Waals surface area (Å²) in [6, 6.07) is 4.65. The molecule has 0 aromatic heterocycles. The molecule has 0 amide bonds. The maximum absolute atomic E-state index is 12.3.